The fourth-order valence-electron chi connectivity index (χ4n) is 2.43. The van der Waals surface area contributed by atoms with Gasteiger partial charge < -0.3 is 25.0 Å². The average Bonchev–Trinajstić information content (AvgIpc) is 2.81. The summed E-state index contributed by atoms with van der Waals surface area (Å²) in [7, 11) is 2.34. The summed E-state index contributed by atoms with van der Waals surface area (Å²) in [5.74, 6) is -2.03. The second kappa shape index (κ2) is 15.2. The van der Waals surface area contributed by atoms with E-state index in [1.54, 1.807) is 24.3 Å². The van der Waals surface area contributed by atoms with Gasteiger partial charge in [0, 0.05) is 11.5 Å². The van der Waals surface area contributed by atoms with Crippen LogP contribution in [0.5, 0.6) is 0 Å². The largest absolute Gasteiger partial charge is 0.480 e. The third-order valence-electron chi connectivity index (χ3n) is 4.20. The van der Waals surface area contributed by atoms with Gasteiger partial charge in [0.15, 0.2) is 0 Å². The molecular weight excluding hydrogens is 468 g/mol. The highest BCUT2D eigenvalue weighted by molar-refractivity contribution is 8.76. The number of alkyl carbamates (subject to hydrolysis) is 1. The maximum absolute atomic E-state index is 11.9. The van der Waals surface area contributed by atoms with Crippen molar-refractivity contribution in [2.45, 2.75) is 25.3 Å². The predicted molar refractivity (Wildman–Crippen MR) is 127 cm³/mol. The van der Waals surface area contributed by atoms with Crippen molar-refractivity contribution in [3.63, 3.8) is 0 Å². The van der Waals surface area contributed by atoms with Crippen LogP contribution in [0.3, 0.4) is 0 Å². The van der Waals surface area contributed by atoms with Crippen LogP contribution >= 0.6 is 21.6 Å². The molecule has 0 aliphatic rings. The normalized spacial score (nSPS) is 12.5. The monoisotopic (exact) mass is 494 g/mol. The Hall–Kier alpha value is -2.73. The van der Waals surface area contributed by atoms with Crippen LogP contribution in [0.25, 0.3) is 0 Å². The van der Waals surface area contributed by atoms with Gasteiger partial charge in [-0.05, 0) is 11.1 Å². The van der Waals surface area contributed by atoms with Gasteiger partial charge in [0.05, 0.1) is 13.3 Å². The number of carbonyl (C=O) groups is 3. The Morgan fingerprint density at radius 3 is 1.85 bits per heavy atom. The molecule has 2 aromatic carbocycles. The molecule has 178 valence electrons. The average molecular weight is 495 g/mol. The lowest BCUT2D eigenvalue weighted by Crippen LogP contribution is -2.42. The maximum atomic E-state index is 11.9. The molecule has 0 fully saturated rings. The highest BCUT2D eigenvalue weighted by atomic mass is 33.1. The molecule has 0 aliphatic heterocycles. The molecule has 4 N–H and O–H groups in total. The van der Waals surface area contributed by atoms with Crippen molar-refractivity contribution in [3.05, 3.63) is 71.8 Å². The smallest absolute Gasteiger partial charge is 0.408 e. The van der Waals surface area contributed by atoms with Crippen molar-refractivity contribution >= 4 is 39.6 Å². The summed E-state index contributed by atoms with van der Waals surface area (Å²) in [6.45, 7) is 0.442. The molecule has 0 radical (unpaired) electrons. The van der Waals surface area contributed by atoms with Crippen molar-refractivity contribution in [3.8, 4) is 0 Å². The summed E-state index contributed by atoms with van der Waals surface area (Å²) in [6.07, 6.45) is -0.836. The molecule has 0 saturated heterocycles. The van der Waals surface area contributed by atoms with Crippen LogP contribution in [0.2, 0.25) is 0 Å². The van der Waals surface area contributed by atoms with Crippen LogP contribution in [-0.2, 0) is 32.3 Å². The molecule has 0 spiro atoms. The Balaban J connectivity index is 1.66. The summed E-state index contributed by atoms with van der Waals surface area (Å²) in [5.41, 5.74) is 1.76. The van der Waals surface area contributed by atoms with Crippen LogP contribution in [0, 0.1) is 0 Å². The molecule has 0 aromatic heterocycles. The number of hydrogen-bond acceptors (Lipinski definition) is 8. The first-order valence-corrected chi connectivity index (χ1v) is 12.5. The number of carboxylic acid groups (broad SMARTS) is 2. The zero-order valence-electron chi connectivity index (χ0n) is 17.7. The van der Waals surface area contributed by atoms with Gasteiger partial charge in [0.25, 0.3) is 0 Å². The Labute approximate surface area is 199 Å². The maximum Gasteiger partial charge on any atom is 0.408 e. The molecular formula is C22H26N2O7S2. The molecule has 11 heteroatoms. The van der Waals surface area contributed by atoms with E-state index >= 15 is 0 Å². The zero-order chi connectivity index (χ0) is 23.9. The Morgan fingerprint density at radius 2 is 1.30 bits per heavy atom. The SMILES string of the molecule is O=C(N[C@@H](CSSC[C@H](NCOCc1ccccc1)C(=O)O)C(=O)O)OCc1ccccc1. The first-order valence-electron chi connectivity index (χ1n) is 9.98. The lowest BCUT2D eigenvalue weighted by atomic mass is 10.2. The summed E-state index contributed by atoms with van der Waals surface area (Å²) >= 11 is 0. The number of hydrogen-bond donors (Lipinski definition) is 4. The van der Waals surface area contributed by atoms with Crippen LogP contribution in [0.4, 0.5) is 4.79 Å². The number of aliphatic carboxylic acids is 2. The molecule has 2 atom stereocenters. The van der Waals surface area contributed by atoms with Gasteiger partial charge >= 0.3 is 18.0 Å². The van der Waals surface area contributed by atoms with Crippen LogP contribution < -0.4 is 10.6 Å². The Morgan fingerprint density at radius 1 is 0.788 bits per heavy atom. The summed E-state index contributed by atoms with van der Waals surface area (Å²) in [4.78, 5) is 34.7. The van der Waals surface area contributed by atoms with E-state index in [9.17, 15) is 24.6 Å². The van der Waals surface area contributed by atoms with Gasteiger partial charge in [-0.2, -0.15) is 0 Å². The number of nitrogens with one attached hydrogen (secondary N) is 2. The van der Waals surface area contributed by atoms with Crippen molar-refractivity contribution in [1.29, 1.82) is 0 Å². The van der Waals surface area contributed by atoms with Gasteiger partial charge in [0.2, 0.25) is 0 Å². The first kappa shape index (κ1) is 26.5. The number of ether oxygens (including phenoxy) is 2. The second-order valence-corrected chi connectivity index (χ2v) is 9.29. The standard InChI is InChI=1S/C22H26N2O7S2/c25-20(26)18(23-15-30-11-16-7-3-1-4-8-16)13-32-33-14-19(21(27)28)24-22(29)31-12-17-9-5-2-6-10-17/h1-10,18-19,23H,11-15H2,(H,24,29)(H,25,26)(H,27,28)/t18-,19-/m0/s1. The minimum Gasteiger partial charge on any atom is -0.480 e. The van der Waals surface area contributed by atoms with Gasteiger partial charge in [-0.3, -0.25) is 10.1 Å². The summed E-state index contributed by atoms with van der Waals surface area (Å²) in [5, 5.41) is 23.8. The van der Waals surface area contributed by atoms with E-state index in [1.807, 2.05) is 36.4 Å². The zero-order valence-corrected chi connectivity index (χ0v) is 19.3. The van der Waals surface area contributed by atoms with E-state index in [4.69, 9.17) is 9.47 Å². The fourth-order valence-corrected chi connectivity index (χ4v) is 4.78. The summed E-state index contributed by atoms with van der Waals surface area (Å²) < 4.78 is 10.5. The van der Waals surface area contributed by atoms with E-state index in [1.165, 1.54) is 10.8 Å². The predicted octanol–water partition coefficient (Wildman–Crippen LogP) is 2.96. The highest BCUT2D eigenvalue weighted by Gasteiger charge is 2.22. The van der Waals surface area contributed by atoms with Gasteiger partial charge in [0.1, 0.15) is 18.7 Å². The van der Waals surface area contributed by atoms with Crippen molar-refractivity contribution in [2.24, 2.45) is 0 Å². The van der Waals surface area contributed by atoms with Crippen molar-refractivity contribution in [2.75, 3.05) is 18.2 Å². The van der Waals surface area contributed by atoms with Crippen molar-refractivity contribution < 1.29 is 34.1 Å². The molecule has 33 heavy (non-hydrogen) atoms. The minimum absolute atomic E-state index is 0.0270. The van der Waals surface area contributed by atoms with E-state index in [-0.39, 0.29) is 24.8 Å². The van der Waals surface area contributed by atoms with Crippen LogP contribution in [-0.4, -0.2) is 58.6 Å². The number of carboxylic acids is 2. The summed E-state index contributed by atoms with van der Waals surface area (Å²) in [6, 6.07) is 16.5. The molecule has 2 rings (SSSR count). The first-order chi connectivity index (χ1) is 16.0. The third kappa shape index (κ3) is 11.1. The number of carbonyl (C=O) groups excluding carboxylic acids is 1. The van der Waals surface area contributed by atoms with Gasteiger partial charge in [-0.15, -0.1) is 0 Å². The lowest BCUT2D eigenvalue weighted by molar-refractivity contribution is -0.140. The minimum atomic E-state index is -1.21. The highest BCUT2D eigenvalue weighted by Crippen LogP contribution is 2.23. The number of amides is 1. The van der Waals surface area contributed by atoms with Crippen molar-refractivity contribution in [1.82, 2.24) is 10.6 Å². The molecule has 9 nitrogen and oxygen atoms in total. The number of rotatable bonds is 15. The molecule has 0 unspecified atom stereocenters. The van der Waals surface area contributed by atoms with E-state index < -0.39 is 30.1 Å². The second-order valence-electron chi connectivity index (χ2n) is 6.74. The number of benzene rings is 2. The Kier molecular flexibility index (Phi) is 12.2. The Bertz CT molecular complexity index is 872. The molecule has 1 amide bonds. The molecule has 0 saturated carbocycles. The quantitative estimate of drug-likeness (QED) is 0.166. The lowest BCUT2D eigenvalue weighted by Gasteiger charge is -2.16. The van der Waals surface area contributed by atoms with E-state index in [2.05, 4.69) is 10.6 Å². The van der Waals surface area contributed by atoms with Gasteiger partial charge in [-0.25, -0.2) is 9.59 Å². The molecule has 0 aliphatic carbocycles. The van der Waals surface area contributed by atoms with Crippen LogP contribution in [0.15, 0.2) is 60.7 Å². The van der Waals surface area contributed by atoms with E-state index in [0.29, 0.717) is 6.61 Å². The molecule has 2 aromatic rings. The third-order valence-corrected chi connectivity index (χ3v) is 6.62. The molecule has 0 bridgehead atoms. The fraction of sp³-hybridized carbons (Fsp3) is 0.318. The van der Waals surface area contributed by atoms with Crippen LogP contribution in [0.1, 0.15) is 11.1 Å². The topological polar surface area (TPSA) is 134 Å². The molecule has 0 heterocycles. The van der Waals surface area contributed by atoms with Gasteiger partial charge in [-0.1, -0.05) is 82.3 Å². The van der Waals surface area contributed by atoms with E-state index in [0.717, 1.165) is 21.9 Å².